The van der Waals surface area contributed by atoms with E-state index >= 15 is 0 Å². The number of carbonyl (C=O) groups excluding carboxylic acids is 1. The van der Waals surface area contributed by atoms with Gasteiger partial charge in [-0.3, -0.25) is 4.79 Å². The summed E-state index contributed by atoms with van der Waals surface area (Å²) in [5.41, 5.74) is 2.53. The van der Waals surface area contributed by atoms with Crippen LogP contribution in [0.15, 0.2) is 59.1 Å². The number of benzene rings is 2. The summed E-state index contributed by atoms with van der Waals surface area (Å²) in [6, 6.07) is 14.7. The summed E-state index contributed by atoms with van der Waals surface area (Å²) in [5.74, 6) is 1.06. The maximum Gasteiger partial charge on any atom is 0.232 e. The topological polar surface area (TPSA) is 64.4 Å². The van der Waals surface area contributed by atoms with Gasteiger partial charge in [-0.05, 0) is 36.4 Å². The van der Waals surface area contributed by atoms with Crippen molar-refractivity contribution in [3.8, 4) is 5.75 Å². The molecule has 22 heavy (non-hydrogen) atoms. The molecule has 0 unspecified atom stereocenters. The number of fused-ring (bicyclic) bond motifs is 1. The lowest BCUT2D eigenvalue weighted by molar-refractivity contribution is -0.103. The van der Waals surface area contributed by atoms with Crippen molar-refractivity contribution < 1.29 is 13.9 Å². The van der Waals surface area contributed by atoms with E-state index in [1.54, 1.807) is 13.3 Å². The van der Waals surface area contributed by atoms with Crippen molar-refractivity contribution in [2.75, 3.05) is 12.4 Å². The van der Waals surface area contributed by atoms with Gasteiger partial charge in [-0.25, -0.2) is 4.98 Å². The number of carbonyl (C=O) groups is 1. The van der Waals surface area contributed by atoms with E-state index in [9.17, 15) is 4.79 Å². The Hall–Kier alpha value is -3.08. The predicted octanol–water partition coefficient (Wildman–Crippen LogP) is 3.49. The maximum absolute atomic E-state index is 11.3. The fourth-order valence-electron chi connectivity index (χ4n) is 1.99. The minimum atomic E-state index is 0.289. The second-order valence-electron chi connectivity index (χ2n) is 4.58. The van der Waals surface area contributed by atoms with Crippen LogP contribution in [-0.2, 0) is 4.79 Å². The van der Waals surface area contributed by atoms with Crippen molar-refractivity contribution in [3.63, 3.8) is 0 Å². The van der Waals surface area contributed by atoms with E-state index in [0.717, 1.165) is 17.0 Å². The molecule has 0 spiro atoms. The highest BCUT2D eigenvalue weighted by molar-refractivity contribution is 6.06. The highest BCUT2D eigenvalue weighted by atomic mass is 16.5. The van der Waals surface area contributed by atoms with Crippen LogP contribution in [-0.4, -0.2) is 18.4 Å². The van der Waals surface area contributed by atoms with Gasteiger partial charge in [0.2, 0.25) is 5.89 Å². The molecular formula is C17H14N2O3. The Labute approximate surface area is 127 Å². The first-order valence-corrected chi connectivity index (χ1v) is 6.72. The smallest absolute Gasteiger partial charge is 0.232 e. The average molecular weight is 294 g/mol. The molecule has 0 amide bonds. The van der Waals surface area contributed by atoms with Gasteiger partial charge in [0, 0.05) is 11.9 Å². The van der Waals surface area contributed by atoms with Crippen molar-refractivity contribution in [1.29, 1.82) is 0 Å². The van der Waals surface area contributed by atoms with Crippen LogP contribution in [0.25, 0.3) is 16.7 Å². The lowest BCUT2D eigenvalue weighted by Gasteiger charge is -2.03. The Kier molecular flexibility index (Phi) is 3.87. The Morgan fingerprint density at radius 2 is 1.95 bits per heavy atom. The number of rotatable bonds is 5. The molecule has 1 heterocycles. The molecule has 5 nitrogen and oxygen atoms in total. The van der Waals surface area contributed by atoms with E-state index in [4.69, 9.17) is 9.15 Å². The van der Waals surface area contributed by atoms with Crippen LogP contribution >= 0.6 is 0 Å². The summed E-state index contributed by atoms with van der Waals surface area (Å²) in [6.07, 6.45) is 2.28. The molecule has 0 aliphatic heterocycles. The summed E-state index contributed by atoms with van der Waals surface area (Å²) in [4.78, 5) is 15.6. The Morgan fingerprint density at radius 1 is 1.18 bits per heavy atom. The largest absolute Gasteiger partial charge is 0.497 e. The van der Waals surface area contributed by atoms with Crippen molar-refractivity contribution in [3.05, 3.63) is 60.6 Å². The molecule has 1 aromatic heterocycles. The summed E-state index contributed by atoms with van der Waals surface area (Å²) in [6.45, 7) is 0. The molecule has 3 rings (SSSR count). The van der Waals surface area contributed by atoms with Gasteiger partial charge in [-0.1, -0.05) is 12.1 Å². The first-order valence-electron chi connectivity index (χ1n) is 6.72. The van der Waals surface area contributed by atoms with Crippen LogP contribution in [0.2, 0.25) is 0 Å². The van der Waals surface area contributed by atoms with E-state index in [1.807, 2.05) is 48.5 Å². The van der Waals surface area contributed by atoms with Crippen LogP contribution in [0.1, 0.15) is 5.89 Å². The number of hydrogen-bond donors (Lipinski definition) is 1. The van der Waals surface area contributed by atoms with E-state index in [0.29, 0.717) is 17.4 Å². The average Bonchev–Trinajstić information content (AvgIpc) is 3.00. The van der Waals surface area contributed by atoms with E-state index in [-0.39, 0.29) is 5.89 Å². The molecule has 3 aromatic rings. The second-order valence-corrected chi connectivity index (χ2v) is 4.58. The highest BCUT2D eigenvalue weighted by Crippen LogP contribution is 2.20. The molecule has 0 aliphatic carbocycles. The normalized spacial score (nSPS) is 11.4. The van der Waals surface area contributed by atoms with Gasteiger partial charge in [0.05, 0.1) is 12.7 Å². The SMILES string of the molecule is COc1ccc(N/C=C(\C=O)c2nc3ccccc3o2)cc1. The van der Waals surface area contributed by atoms with Crippen molar-refractivity contribution in [2.24, 2.45) is 0 Å². The predicted molar refractivity (Wildman–Crippen MR) is 84.7 cm³/mol. The maximum atomic E-state index is 11.3. The molecule has 110 valence electrons. The number of para-hydroxylation sites is 2. The van der Waals surface area contributed by atoms with Crippen LogP contribution < -0.4 is 10.1 Å². The van der Waals surface area contributed by atoms with Crippen molar-refractivity contribution in [1.82, 2.24) is 4.98 Å². The Balaban J connectivity index is 1.84. The highest BCUT2D eigenvalue weighted by Gasteiger charge is 2.09. The van der Waals surface area contributed by atoms with Crippen molar-refractivity contribution in [2.45, 2.75) is 0 Å². The van der Waals surface area contributed by atoms with Crippen LogP contribution in [0.3, 0.4) is 0 Å². The molecule has 0 radical (unpaired) electrons. The number of hydrogen-bond acceptors (Lipinski definition) is 5. The quantitative estimate of drug-likeness (QED) is 0.576. The number of methoxy groups -OCH3 is 1. The minimum Gasteiger partial charge on any atom is -0.497 e. The zero-order chi connectivity index (χ0) is 15.4. The molecule has 5 heteroatoms. The standard InChI is InChI=1S/C17H14N2O3/c1-21-14-8-6-13(7-9-14)18-10-12(11-20)17-19-15-4-2-3-5-16(15)22-17/h2-11,18H,1H3/b12-10+. The minimum absolute atomic E-state index is 0.289. The first-order chi connectivity index (χ1) is 10.8. The number of ether oxygens (including phenoxy) is 1. The molecular weight excluding hydrogens is 280 g/mol. The molecule has 0 atom stereocenters. The number of anilines is 1. The van der Waals surface area contributed by atoms with Crippen LogP contribution in [0.5, 0.6) is 5.75 Å². The fourth-order valence-corrected chi connectivity index (χ4v) is 1.99. The Bertz CT molecular complexity index is 786. The lowest BCUT2D eigenvalue weighted by atomic mass is 10.3. The molecule has 0 aliphatic rings. The molecule has 0 saturated heterocycles. The summed E-state index contributed by atoms with van der Waals surface area (Å²) in [7, 11) is 1.61. The third-order valence-corrected chi connectivity index (χ3v) is 3.15. The van der Waals surface area contributed by atoms with Gasteiger partial charge in [0.1, 0.15) is 11.3 Å². The fraction of sp³-hybridized carbons (Fsp3) is 0.0588. The van der Waals surface area contributed by atoms with E-state index < -0.39 is 0 Å². The number of nitrogens with zero attached hydrogens (tertiary/aromatic N) is 1. The molecule has 0 fully saturated rings. The van der Waals surface area contributed by atoms with Gasteiger partial charge in [0.25, 0.3) is 0 Å². The Morgan fingerprint density at radius 3 is 2.64 bits per heavy atom. The van der Waals surface area contributed by atoms with Gasteiger partial charge < -0.3 is 14.5 Å². The third-order valence-electron chi connectivity index (χ3n) is 3.15. The summed E-state index contributed by atoms with van der Waals surface area (Å²) in [5, 5.41) is 3.04. The molecule has 0 saturated carbocycles. The van der Waals surface area contributed by atoms with Gasteiger partial charge in [-0.15, -0.1) is 0 Å². The number of allylic oxidation sites excluding steroid dienone is 1. The number of aldehydes is 1. The number of aromatic nitrogens is 1. The number of oxazole rings is 1. The number of nitrogens with one attached hydrogen (secondary N) is 1. The molecule has 0 bridgehead atoms. The third kappa shape index (κ3) is 2.83. The zero-order valence-electron chi connectivity index (χ0n) is 11.9. The van der Waals surface area contributed by atoms with Crippen LogP contribution in [0.4, 0.5) is 5.69 Å². The summed E-state index contributed by atoms with van der Waals surface area (Å²) < 4.78 is 10.7. The van der Waals surface area contributed by atoms with Gasteiger partial charge >= 0.3 is 0 Å². The summed E-state index contributed by atoms with van der Waals surface area (Å²) >= 11 is 0. The zero-order valence-corrected chi connectivity index (χ0v) is 11.9. The van der Waals surface area contributed by atoms with Crippen LogP contribution in [0, 0.1) is 0 Å². The molecule has 2 aromatic carbocycles. The first kappa shape index (κ1) is 13.9. The van der Waals surface area contributed by atoms with Gasteiger partial charge in [0.15, 0.2) is 11.9 Å². The molecule has 1 N–H and O–H groups in total. The lowest BCUT2D eigenvalue weighted by Crippen LogP contribution is -1.93. The van der Waals surface area contributed by atoms with Gasteiger partial charge in [-0.2, -0.15) is 0 Å². The van der Waals surface area contributed by atoms with Crippen molar-refractivity contribution >= 4 is 28.6 Å². The van der Waals surface area contributed by atoms with E-state index in [2.05, 4.69) is 10.3 Å². The second kappa shape index (κ2) is 6.13. The monoisotopic (exact) mass is 294 g/mol. The van der Waals surface area contributed by atoms with E-state index in [1.165, 1.54) is 0 Å².